The molecule has 0 aromatic heterocycles. The van der Waals surface area contributed by atoms with Crippen molar-refractivity contribution in [3.8, 4) is 0 Å². The van der Waals surface area contributed by atoms with Gasteiger partial charge in [-0.2, -0.15) is 0 Å². The van der Waals surface area contributed by atoms with Crippen LogP contribution in [-0.4, -0.2) is 42.2 Å². The quantitative estimate of drug-likeness (QED) is 0.116. The number of halogens is 4. The van der Waals surface area contributed by atoms with Gasteiger partial charge in [-0.1, -0.05) is 52.0 Å². The average Bonchev–Trinajstić information content (AvgIpc) is 3.33. The number of allylic oxidation sites excluding steroid dienone is 4. The molecule has 0 nitrogen and oxygen atoms in total. The standard InChI is InChI=1S/C18H36P2.C8H12.BF4.Rh/c1-5-15-9-10-16(6-2)19(15)13-14-20-17(7-3)11-12-18(20)8-4;1-2-4-6-8-7-5-3-1;2-1(3,4)5;/h15-18H,5-14H2,1-4H3;1-2,7-8H,3-6H2;;/q;;-1;/b;2-1-,8-7?;;/t15-,16-,17-,18-;;;/m0.../s1. The molecule has 2 heterocycles. The van der Waals surface area contributed by atoms with Crippen molar-refractivity contribution in [2.75, 3.05) is 12.3 Å². The summed E-state index contributed by atoms with van der Waals surface area (Å²) in [6, 6.07) is 0. The molecule has 1 radical (unpaired) electrons. The Labute approximate surface area is 223 Å². The van der Waals surface area contributed by atoms with E-state index in [4.69, 9.17) is 0 Å². The van der Waals surface area contributed by atoms with Crippen LogP contribution in [0.25, 0.3) is 0 Å². The minimum Gasteiger partial charge on any atom is -0.418 e. The molecular formula is C26H48BF4P2Rh-. The maximum atomic E-state index is 9.75. The van der Waals surface area contributed by atoms with Crippen LogP contribution >= 0.6 is 15.8 Å². The monoisotopic (exact) mass is 612 g/mol. The summed E-state index contributed by atoms with van der Waals surface area (Å²) in [6.45, 7) is 9.79. The second-order valence-corrected chi connectivity index (χ2v) is 15.3. The van der Waals surface area contributed by atoms with Gasteiger partial charge in [0.2, 0.25) is 0 Å². The molecule has 0 unspecified atom stereocenters. The molecule has 3 aliphatic rings. The fourth-order valence-corrected chi connectivity index (χ4v) is 13.9. The molecule has 4 atom stereocenters. The molecule has 0 amide bonds. The molecule has 2 aliphatic heterocycles. The van der Waals surface area contributed by atoms with Gasteiger partial charge in [0.05, 0.1) is 0 Å². The predicted molar refractivity (Wildman–Crippen MR) is 145 cm³/mol. The van der Waals surface area contributed by atoms with Gasteiger partial charge in [0.25, 0.3) is 0 Å². The fraction of sp³-hybridized carbons (Fsp3) is 0.846. The van der Waals surface area contributed by atoms with E-state index in [0.717, 1.165) is 22.6 Å². The summed E-state index contributed by atoms with van der Waals surface area (Å²) in [7, 11) is -5.24. The van der Waals surface area contributed by atoms with E-state index in [-0.39, 0.29) is 19.5 Å². The summed E-state index contributed by atoms with van der Waals surface area (Å²) in [6.07, 6.45) is 29.4. The third kappa shape index (κ3) is 14.5. The van der Waals surface area contributed by atoms with Gasteiger partial charge in [0.1, 0.15) is 0 Å². The van der Waals surface area contributed by atoms with E-state index < -0.39 is 7.25 Å². The Morgan fingerprint density at radius 3 is 0.941 bits per heavy atom. The van der Waals surface area contributed by atoms with Crippen molar-refractivity contribution in [2.45, 2.75) is 127 Å². The summed E-state index contributed by atoms with van der Waals surface area (Å²) in [5.74, 6) is 0. The van der Waals surface area contributed by atoms with Gasteiger partial charge in [0.15, 0.2) is 0 Å². The van der Waals surface area contributed by atoms with Gasteiger partial charge < -0.3 is 17.3 Å². The molecule has 0 saturated carbocycles. The molecule has 0 aromatic carbocycles. The van der Waals surface area contributed by atoms with E-state index in [9.17, 15) is 17.3 Å². The van der Waals surface area contributed by atoms with Crippen molar-refractivity contribution in [3.63, 3.8) is 0 Å². The molecule has 0 aromatic rings. The molecular weight excluding hydrogens is 564 g/mol. The Hall–Kier alpha value is 0.748. The molecule has 3 rings (SSSR count). The zero-order chi connectivity index (χ0) is 24.7. The van der Waals surface area contributed by atoms with Crippen LogP contribution in [0, 0.1) is 0 Å². The number of hydrogen-bond acceptors (Lipinski definition) is 0. The smallest absolute Gasteiger partial charge is 0.418 e. The van der Waals surface area contributed by atoms with Gasteiger partial charge in [-0.25, -0.2) is 0 Å². The first-order chi connectivity index (χ1) is 15.7. The van der Waals surface area contributed by atoms with Crippen LogP contribution in [-0.2, 0) is 19.5 Å². The Balaban J connectivity index is 0.000000642. The van der Waals surface area contributed by atoms with E-state index in [2.05, 4.69) is 52.0 Å². The first-order valence-electron chi connectivity index (χ1n) is 13.4. The minimum absolute atomic E-state index is 0. The molecule has 0 spiro atoms. The van der Waals surface area contributed by atoms with Crippen molar-refractivity contribution >= 4 is 23.1 Å². The largest absolute Gasteiger partial charge is 0.673 e. The van der Waals surface area contributed by atoms with E-state index in [1.54, 1.807) is 38.0 Å². The van der Waals surface area contributed by atoms with Crippen LogP contribution in [0.5, 0.6) is 0 Å². The van der Waals surface area contributed by atoms with E-state index >= 15 is 0 Å². The van der Waals surface area contributed by atoms with Crippen molar-refractivity contribution in [1.29, 1.82) is 0 Å². The topological polar surface area (TPSA) is 0 Å². The summed E-state index contributed by atoms with van der Waals surface area (Å²) in [5.41, 5.74) is 4.53. The van der Waals surface area contributed by atoms with Gasteiger partial charge in [-0.15, -0.1) is 15.8 Å². The zero-order valence-electron chi connectivity index (χ0n) is 21.8. The third-order valence-electron chi connectivity index (χ3n) is 7.38. The van der Waals surface area contributed by atoms with Crippen LogP contribution in [0.3, 0.4) is 0 Å². The summed E-state index contributed by atoms with van der Waals surface area (Å²) in [5, 5.41) is 0. The molecule has 1 aliphatic carbocycles. The Morgan fingerprint density at radius 2 is 0.765 bits per heavy atom. The molecule has 2 saturated heterocycles. The normalized spacial score (nSPS) is 28.6. The number of hydrogen-bond donors (Lipinski definition) is 0. The molecule has 34 heavy (non-hydrogen) atoms. The minimum atomic E-state index is -6.00. The summed E-state index contributed by atoms with van der Waals surface area (Å²) in [4.78, 5) is 0. The maximum Gasteiger partial charge on any atom is 0.673 e. The second kappa shape index (κ2) is 19.8. The SMILES string of the molecule is C1=CCC/C=C\CC1.CC[C@H]1CC[C@H](CC)P1CCP1[C@@H](CC)CC[C@@H]1CC.F[B-](F)(F)F.[Rh]. The summed E-state index contributed by atoms with van der Waals surface area (Å²) < 4.78 is 39.0. The van der Waals surface area contributed by atoms with Gasteiger partial charge in [-0.3, -0.25) is 0 Å². The molecule has 0 N–H and O–H groups in total. The van der Waals surface area contributed by atoms with E-state index in [1.807, 2.05) is 0 Å². The van der Waals surface area contributed by atoms with Gasteiger partial charge in [0, 0.05) is 19.5 Å². The first-order valence-corrected chi connectivity index (χ1v) is 16.8. The van der Waals surface area contributed by atoms with Gasteiger partial charge >= 0.3 is 7.25 Å². The molecule has 8 heteroatoms. The summed E-state index contributed by atoms with van der Waals surface area (Å²) >= 11 is 0. The Kier molecular flexibility index (Phi) is 20.2. The van der Waals surface area contributed by atoms with Gasteiger partial charge in [-0.05, 0) is 112 Å². The van der Waals surface area contributed by atoms with Crippen molar-refractivity contribution in [3.05, 3.63) is 24.3 Å². The predicted octanol–water partition coefficient (Wildman–Crippen LogP) is 10.6. The maximum absolute atomic E-state index is 9.75. The number of rotatable bonds is 7. The average molecular weight is 612 g/mol. The molecule has 0 bridgehead atoms. The zero-order valence-corrected chi connectivity index (χ0v) is 25.3. The van der Waals surface area contributed by atoms with Crippen LogP contribution in [0.1, 0.15) is 105 Å². The fourth-order valence-electron chi connectivity index (χ4n) is 5.60. The van der Waals surface area contributed by atoms with Crippen LogP contribution in [0.15, 0.2) is 24.3 Å². The van der Waals surface area contributed by atoms with E-state index in [1.165, 1.54) is 51.4 Å². The Morgan fingerprint density at radius 1 is 0.559 bits per heavy atom. The second-order valence-electron chi connectivity index (χ2n) is 9.47. The van der Waals surface area contributed by atoms with Crippen LogP contribution < -0.4 is 0 Å². The molecule has 2 fully saturated rings. The Bertz CT molecular complexity index is 475. The van der Waals surface area contributed by atoms with Crippen LogP contribution in [0.2, 0.25) is 0 Å². The van der Waals surface area contributed by atoms with Crippen molar-refractivity contribution in [1.82, 2.24) is 0 Å². The van der Waals surface area contributed by atoms with Crippen molar-refractivity contribution < 1.29 is 36.7 Å². The van der Waals surface area contributed by atoms with E-state index in [0.29, 0.717) is 15.8 Å². The van der Waals surface area contributed by atoms with Crippen LogP contribution in [0.4, 0.5) is 17.3 Å². The molecule has 203 valence electrons. The third-order valence-corrected chi connectivity index (χ3v) is 15.5. The first kappa shape index (κ1) is 34.7. The van der Waals surface area contributed by atoms with Crippen molar-refractivity contribution in [2.24, 2.45) is 0 Å².